The number of rotatable bonds is 11. The molecule has 2 N–H and O–H groups in total. The summed E-state index contributed by atoms with van der Waals surface area (Å²) in [4.78, 5) is 45.2. The maximum atomic E-state index is 14.2. The number of hydrogen-bond donors (Lipinski definition) is 1. The molecule has 40 heavy (non-hydrogen) atoms. The zero-order valence-corrected chi connectivity index (χ0v) is 24.5. The zero-order chi connectivity index (χ0) is 29.4. The number of nitrogens with zero attached hydrogens (tertiary/aromatic N) is 3. The first kappa shape index (κ1) is 30.6. The van der Waals surface area contributed by atoms with Crippen molar-refractivity contribution in [1.82, 2.24) is 14.7 Å². The Hall–Kier alpha value is -3.97. The van der Waals surface area contributed by atoms with Crippen LogP contribution in [-0.2, 0) is 27.2 Å². The van der Waals surface area contributed by atoms with Gasteiger partial charge in [0.25, 0.3) is 0 Å². The molecule has 0 aliphatic carbocycles. The van der Waals surface area contributed by atoms with Gasteiger partial charge in [0.1, 0.15) is 12.1 Å². The van der Waals surface area contributed by atoms with E-state index in [0.29, 0.717) is 19.3 Å². The predicted octanol–water partition coefficient (Wildman–Crippen LogP) is 4.05. The molecule has 3 aromatic carbocycles. The van der Waals surface area contributed by atoms with E-state index in [-0.39, 0.29) is 17.7 Å². The zero-order valence-electron chi connectivity index (χ0n) is 24.5. The van der Waals surface area contributed by atoms with Gasteiger partial charge in [-0.3, -0.25) is 14.4 Å². The van der Waals surface area contributed by atoms with Crippen molar-refractivity contribution < 1.29 is 14.4 Å². The van der Waals surface area contributed by atoms with Crippen LogP contribution in [0.2, 0.25) is 0 Å². The number of carbonyl (C=O) groups excluding carboxylic acids is 3. The third-order valence-corrected chi connectivity index (χ3v) is 7.06. The third kappa shape index (κ3) is 8.26. The first-order valence-corrected chi connectivity index (χ1v) is 13.6. The molecule has 0 fully saturated rings. The van der Waals surface area contributed by atoms with Crippen LogP contribution < -0.4 is 5.73 Å². The van der Waals surface area contributed by atoms with Crippen molar-refractivity contribution in [2.24, 2.45) is 5.73 Å². The lowest BCUT2D eigenvalue weighted by atomic mass is 9.98. The maximum absolute atomic E-state index is 14.2. The Morgan fingerprint density at radius 3 is 1.95 bits per heavy atom. The standard InChI is InChI=1S/C33H42N4O3/c1-33(2,34)20-12-17-30(38)36(5)29(23-25-18-19-26-15-10-11-16-27(26)21-25)32(40)37(6)28(31(39)35(3)4)22-24-13-8-7-9-14-24/h7-19,21,28-29H,20,22-23,34H2,1-6H3/b17-12+/t28-,29?/m1/s1. The summed E-state index contributed by atoms with van der Waals surface area (Å²) in [6.45, 7) is 3.78. The molecule has 0 heterocycles. The van der Waals surface area contributed by atoms with Crippen LogP contribution in [0.25, 0.3) is 10.8 Å². The van der Waals surface area contributed by atoms with Crippen LogP contribution in [0.15, 0.2) is 84.9 Å². The Bertz CT molecular complexity index is 1340. The Balaban J connectivity index is 1.95. The summed E-state index contributed by atoms with van der Waals surface area (Å²) >= 11 is 0. The fraction of sp³-hybridized carbons (Fsp3) is 0.364. The number of amides is 3. The van der Waals surface area contributed by atoms with Crippen LogP contribution in [0.5, 0.6) is 0 Å². The van der Waals surface area contributed by atoms with Gasteiger partial charge in [0, 0.05) is 46.6 Å². The van der Waals surface area contributed by atoms with Crippen molar-refractivity contribution in [3.63, 3.8) is 0 Å². The second-order valence-corrected chi connectivity index (χ2v) is 11.3. The van der Waals surface area contributed by atoms with Gasteiger partial charge >= 0.3 is 0 Å². The van der Waals surface area contributed by atoms with Crippen LogP contribution in [0, 0.1) is 0 Å². The molecule has 7 heteroatoms. The Morgan fingerprint density at radius 1 is 0.750 bits per heavy atom. The molecule has 0 spiro atoms. The number of likely N-dealkylation sites (N-methyl/N-ethyl adjacent to an activating group) is 3. The van der Waals surface area contributed by atoms with E-state index in [0.717, 1.165) is 21.9 Å². The molecule has 2 atom stereocenters. The lowest BCUT2D eigenvalue weighted by Gasteiger charge is -2.35. The summed E-state index contributed by atoms with van der Waals surface area (Å²) in [5, 5.41) is 2.16. The van der Waals surface area contributed by atoms with Gasteiger partial charge in [0.05, 0.1) is 0 Å². The lowest BCUT2D eigenvalue weighted by Crippen LogP contribution is -2.55. The van der Waals surface area contributed by atoms with Crippen LogP contribution in [0.3, 0.4) is 0 Å². The summed E-state index contributed by atoms with van der Waals surface area (Å²) in [6.07, 6.45) is 4.41. The van der Waals surface area contributed by atoms with Crippen molar-refractivity contribution in [3.8, 4) is 0 Å². The Labute approximate surface area is 238 Å². The molecule has 1 unspecified atom stereocenters. The normalized spacial score (nSPS) is 13.2. The second-order valence-electron chi connectivity index (χ2n) is 11.3. The highest BCUT2D eigenvalue weighted by molar-refractivity contribution is 5.95. The van der Waals surface area contributed by atoms with Crippen LogP contribution in [-0.4, -0.2) is 78.2 Å². The van der Waals surface area contributed by atoms with Crippen LogP contribution >= 0.6 is 0 Å². The van der Waals surface area contributed by atoms with Crippen LogP contribution in [0.4, 0.5) is 0 Å². The minimum absolute atomic E-state index is 0.178. The molecule has 0 saturated carbocycles. The van der Waals surface area contributed by atoms with Gasteiger partial charge in [-0.2, -0.15) is 0 Å². The van der Waals surface area contributed by atoms with E-state index in [1.807, 2.05) is 86.6 Å². The molecule has 0 saturated heterocycles. The van der Waals surface area contributed by atoms with E-state index in [1.54, 1.807) is 34.3 Å². The Kier molecular flexibility index (Phi) is 10.2. The second kappa shape index (κ2) is 13.4. The fourth-order valence-electron chi connectivity index (χ4n) is 4.63. The molecule has 0 aliphatic rings. The molecular formula is C33H42N4O3. The van der Waals surface area contributed by atoms with Crippen molar-refractivity contribution in [2.45, 2.75) is 50.7 Å². The molecule has 0 bridgehead atoms. The van der Waals surface area contributed by atoms with E-state index in [1.165, 1.54) is 20.8 Å². The van der Waals surface area contributed by atoms with E-state index in [9.17, 15) is 14.4 Å². The molecule has 7 nitrogen and oxygen atoms in total. The highest BCUT2D eigenvalue weighted by atomic mass is 16.2. The van der Waals surface area contributed by atoms with Crippen molar-refractivity contribution in [1.29, 1.82) is 0 Å². The predicted molar refractivity (Wildman–Crippen MR) is 162 cm³/mol. The fourth-order valence-corrected chi connectivity index (χ4v) is 4.63. The number of hydrogen-bond acceptors (Lipinski definition) is 4. The summed E-state index contributed by atoms with van der Waals surface area (Å²) < 4.78 is 0. The highest BCUT2D eigenvalue weighted by Crippen LogP contribution is 2.20. The van der Waals surface area contributed by atoms with Gasteiger partial charge in [-0.15, -0.1) is 0 Å². The van der Waals surface area contributed by atoms with E-state index >= 15 is 0 Å². The topological polar surface area (TPSA) is 87.0 Å². The van der Waals surface area contributed by atoms with Crippen LogP contribution in [0.1, 0.15) is 31.4 Å². The van der Waals surface area contributed by atoms with Crippen molar-refractivity contribution >= 4 is 28.5 Å². The van der Waals surface area contributed by atoms with Gasteiger partial charge in [-0.05, 0) is 48.2 Å². The monoisotopic (exact) mass is 542 g/mol. The van der Waals surface area contributed by atoms with E-state index in [2.05, 4.69) is 0 Å². The SMILES string of the molecule is CN(C)C(=O)[C@@H](Cc1ccccc1)N(C)C(=O)C(Cc1ccc2ccccc2c1)N(C)C(=O)/C=C/CC(C)(C)N. The van der Waals surface area contributed by atoms with E-state index < -0.39 is 17.6 Å². The van der Waals surface area contributed by atoms with Crippen molar-refractivity contribution in [2.75, 3.05) is 28.2 Å². The molecular weight excluding hydrogens is 500 g/mol. The Morgan fingerprint density at radius 2 is 1.32 bits per heavy atom. The molecule has 0 aromatic heterocycles. The average molecular weight is 543 g/mol. The van der Waals surface area contributed by atoms with Gasteiger partial charge < -0.3 is 20.4 Å². The van der Waals surface area contributed by atoms with Gasteiger partial charge in [-0.1, -0.05) is 78.9 Å². The van der Waals surface area contributed by atoms with Crippen molar-refractivity contribution in [3.05, 3.63) is 96.1 Å². The molecule has 3 rings (SSSR count). The van der Waals surface area contributed by atoms with Gasteiger partial charge in [0.15, 0.2) is 0 Å². The largest absolute Gasteiger partial charge is 0.347 e. The smallest absolute Gasteiger partial charge is 0.246 e. The molecule has 3 aromatic rings. The van der Waals surface area contributed by atoms with Gasteiger partial charge in [-0.25, -0.2) is 0 Å². The maximum Gasteiger partial charge on any atom is 0.246 e. The summed E-state index contributed by atoms with van der Waals surface area (Å²) in [5.41, 5.74) is 7.49. The third-order valence-electron chi connectivity index (χ3n) is 7.06. The van der Waals surface area contributed by atoms with E-state index in [4.69, 9.17) is 5.73 Å². The minimum atomic E-state index is -0.817. The van der Waals surface area contributed by atoms with Gasteiger partial charge in [0.2, 0.25) is 17.7 Å². The molecule has 0 radical (unpaired) electrons. The molecule has 212 valence electrons. The molecule has 3 amide bonds. The summed E-state index contributed by atoms with van der Waals surface area (Å²) in [7, 11) is 6.66. The minimum Gasteiger partial charge on any atom is -0.347 e. The first-order valence-electron chi connectivity index (χ1n) is 13.6. The number of carbonyl (C=O) groups is 3. The number of benzene rings is 3. The quantitative estimate of drug-likeness (QED) is 0.371. The molecule has 0 aliphatic heterocycles. The average Bonchev–Trinajstić information content (AvgIpc) is 2.92. The highest BCUT2D eigenvalue weighted by Gasteiger charge is 2.35. The summed E-state index contributed by atoms with van der Waals surface area (Å²) in [6, 6.07) is 22.2. The summed E-state index contributed by atoms with van der Waals surface area (Å²) in [5.74, 6) is -0.772. The first-order chi connectivity index (χ1) is 18.9. The number of nitrogens with two attached hydrogens (primary N) is 1. The lowest BCUT2D eigenvalue weighted by molar-refractivity contribution is -0.148. The number of fused-ring (bicyclic) bond motifs is 1.